The zero-order chi connectivity index (χ0) is 25.5. The molecule has 0 heterocycles. The number of hydrogen-bond acceptors (Lipinski definition) is 4. The summed E-state index contributed by atoms with van der Waals surface area (Å²) in [6, 6.07) is 30.4. The predicted molar refractivity (Wildman–Crippen MR) is 144 cm³/mol. The van der Waals surface area contributed by atoms with Gasteiger partial charge in [-0.15, -0.1) is 0 Å². The van der Waals surface area contributed by atoms with E-state index in [0.717, 1.165) is 17.4 Å². The Balaban J connectivity index is 1.39. The third kappa shape index (κ3) is 6.87. The Morgan fingerprint density at radius 3 is 2.08 bits per heavy atom. The molecule has 1 N–H and O–H groups in total. The number of carbonyl (C=O) groups is 1. The fourth-order valence-corrected chi connectivity index (χ4v) is 4.53. The number of anilines is 2. The van der Waals surface area contributed by atoms with Gasteiger partial charge in [-0.2, -0.15) is 0 Å². The Morgan fingerprint density at radius 2 is 1.47 bits per heavy atom. The van der Waals surface area contributed by atoms with Crippen LogP contribution < -0.4 is 14.4 Å². The molecule has 0 atom stereocenters. The van der Waals surface area contributed by atoms with Gasteiger partial charge in [-0.3, -0.25) is 9.10 Å². The van der Waals surface area contributed by atoms with Gasteiger partial charge < -0.3 is 10.1 Å². The van der Waals surface area contributed by atoms with Crippen LogP contribution in [-0.2, 0) is 23.2 Å². The van der Waals surface area contributed by atoms with Crippen LogP contribution in [0, 0.1) is 0 Å². The first-order valence-electron chi connectivity index (χ1n) is 11.2. The molecule has 0 unspecified atom stereocenters. The van der Waals surface area contributed by atoms with Crippen molar-refractivity contribution >= 4 is 38.9 Å². The molecule has 6 nitrogen and oxygen atoms in total. The van der Waals surface area contributed by atoms with Crippen molar-refractivity contribution in [2.45, 2.75) is 13.2 Å². The van der Waals surface area contributed by atoms with E-state index in [9.17, 15) is 13.2 Å². The van der Waals surface area contributed by atoms with Crippen molar-refractivity contribution in [3.05, 3.63) is 125 Å². The topological polar surface area (TPSA) is 75.7 Å². The molecule has 0 aliphatic rings. The molecule has 4 rings (SSSR count). The molecule has 184 valence electrons. The minimum absolute atomic E-state index is 0.153. The van der Waals surface area contributed by atoms with Crippen molar-refractivity contribution in [1.29, 1.82) is 0 Å². The first-order valence-corrected chi connectivity index (χ1v) is 13.4. The predicted octanol–water partition coefficient (Wildman–Crippen LogP) is 6.14. The van der Waals surface area contributed by atoms with Crippen LogP contribution in [0.3, 0.4) is 0 Å². The summed E-state index contributed by atoms with van der Waals surface area (Å²) in [4.78, 5) is 12.7. The molecule has 0 saturated carbocycles. The molecular formula is C28H25ClN2O4S. The lowest BCUT2D eigenvalue weighted by atomic mass is 10.1. The van der Waals surface area contributed by atoms with Crippen molar-refractivity contribution in [3.63, 3.8) is 0 Å². The second-order valence-electron chi connectivity index (χ2n) is 8.20. The van der Waals surface area contributed by atoms with Crippen LogP contribution in [0.2, 0.25) is 5.02 Å². The first kappa shape index (κ1) is 25.3. The molecule has 4 aromatic rings. The van der Waals surface area contributed by atoms with Crippen LogP contribution in [-0.4, -0.2) is 20.6 Å². The monoisotopic (exact) mass is 520 g/mol. The van der Waals surface area contributed by atoms with Gasteiger partial charge in [0.15, 0.2) is 0 Å². The number of nitrogens with one attached hydrogen (secondary N) is 1. The summed E-state index contributed by atoms with van der Waals surface area (Å²) < 4.78 is 31.9. The van der Waals surface area contributed by atoms with E-state index in [2.05, 4.69) is 5.32 Å². The number of nitrogens with zero attached hydrogens (tertiary/aromatic N) is 1. The van der Waals surface area contributed by atoms with E-state index in [-0.39, 0.29) is 12.5 Å². The fourth-order valence-electron chi connectivity index (χ4n) is 3.51. The fraction of sp³-hybridized carbons (Fsp3) is 0.107. The van der Waals surface area contributed by atoms with Crippen LogP contribution in [0.5, 0.6) is 5.75 Å². The van der Waals surface area contributed by atoms with Crippen molar-refractivity contribution in [2.75, 3.05) is 15.9 Å². The van der Waals surface area contributed by atoms with Gasteiger partial charge in [0.2, 0.25) is 10.0 Å². The Hall–Kier alpha value is -3.81. The minimum Gasteiger partial charge on any atom is -0.489 e. The van der Waals surface area contributed by atoms with Gasteiger partial charge in [0.25, 0.3) is 5.91 Å². The second-order valence-corrected chi connectivity index (χ2v) is 10.5. The van der Waals surface area contributed by atoms with Crippen LogP contribution in [0.4, 0.5) is 11.4 Å². The summed E-state index contributed by atoms with van der Waals surface area (Å²) in [5, 5.41) is 3.42. The molecule has 0 spiro atoms. The number of amides is 1. The number of benzene rings is 4. The number of sulfonamides is 1. The maximum absolute atomic E-state index is 12.7. The summed E-state index contributed by atoms with van der Waals surface area (Å²) in [6.07, 6.45) is 1.15. The van der Waals surface area contributed by atoms with Gasteiger partial charge >= 0.3 is 0 Å². The molecule has 0 aliphatic carbocycles. The Bertz CT molecular complexity index is 1410. The van der Waals surface area contributed by atoms with Crippen LogP contribution in [0.1, 0.15) is 21.5 Å². The number of hydrogen-bond donors (Lipinski definition) is 1. The molecule has 36 heavy (non-hydrogen) atoms. The van der Waals surface area contributed by atoms with Gasteiger partial charge in [-0.25, -0.2) is 8.42 Å². The summed E-state index contributed by atoms with van der Waals surface area (Å²) >= 11 is 5.93. The summed E-state index contributed by atoms with van der Waals surface area (Å²) in [6.45, 7) is 0.613. The number of rotatable bonds is 9. The SMILES string of the molecule is CS(=O)(=O)N(Cc1ccc(Cl)cc1)c1ccc(C(=O)Nc2ccc(OCc3ccccc3)cc2)cc1. The third-order valence-electron chi connectivity index (χ3n) is 5.42. The molecule has 0 saturated heterocycles. The van der Waals surface area contributed by atoms with Crippen LogP contribution >= 0.6 is 11.6 Å². The lowest BCUT2D eigenvalue weighted by molar-refractivity contribution is 0.102. The van der Waals surface area contributed by atoms with E-state index in [4.69, 9.17) is 16.3 Å². The lowest BCUT2D eigenvalue weighted by Gasteiger charge is -2.23. The number of carbonyl (C=O) groups excluding carboxylic acids is 1. The van der Waals surface area contributed by atoms with E-state index < -0.39 is 10.0 Å². The molecule has 8 heteroatoms. The highest BCUT2D eigenvalue weighted by atomic mass is 35.5. The smallest absolute Gasteiger partial charge is 0.255 e. The van der Waals surface area contributed by atoms with Gasteiger partial charge in [-0.05, 0) is 71.8 Å². The average molecular weight is 521 g/mol. The van der Waals surface area contributed by atoms with Gasteiger partial charge in [-0.1, -0.05) is 54.1 Å². The van der Waals surface area contributed by atoms with Crippen molar-refractivity contribution < 1.29 is 17.9 Å². The highest BCUT2D eigenvalue weighted by molar-refractivity contribution is 7.92. The number of halogens is 1. The van der Waals surface area contributed by atoms with E-state index in [0.29, 0.717) is 34.3 Å². The van der Waals surface area contributed by atoms with E-state index in [1.165, 1.54) is 4.31 Å². The molecular weight excluding hydrogens is 496 g/mol. The summed E-state index contributed by atoms with van der Waals surface area (Å²) in [7, 11) is -3.55. The molecule has 1 amide bonds. The minimum atomic E-state index is -3.55. The molecule has 0 radical (unpaired) electrons. The van der Waals surface area contributed by atoms with Gasteiger partial charge in [0, 0.05) is 16.3 Å². The van der Waals surface area contributed by atoms with Crippen molar-refractivity contribution in [3.8, 4) is 5.75 Å². The molecule has 4 aromatic carbocycles. The highest BCUT2D eigenvalue weighted by Crippen LogP contribution is 2.23. The molecule has 0 fully saturated rings. The second kappa shape index (κ2) is 11.3. The normalized spacial score (nSPS) is 11.1. The molecule has 0 aromatic heterocycles. The first-order chi connectivity index (χ1) is 17.3. The third-order valence-corrected chi connectivity index (χ3v) is 6.81. The van der Waals surface area contributed by atoms with Crippen molar-refractivity contribution in [2.24, 2.45) is 0 Å². The zero-order valence-electron chi connectivity index (χ0n) is 19.6. The van der Waals surface area contributed by atoms with Crippen LogP contribution in [0.15, 0.2) is 103 Å². The Kier molecular flexibility index (Phi) is 7.93. The van der Waals surface area contributed by atoms with E-state index in [1.807, 2.05) is 30.3 Å². The maximum Gasteiger partial charge on any atom is 0.255 e. The largest absolute Gasteiger partial charge is 0.489 e. The van der Waals surface area contributed by atoms with E-state index >= 15 is 0 Å². The standard InChI is InChI=1S/C28H25ClN2O4S/c1-36(33,34)31(19-21-7-11-24(29)12-8-21)26-15-9-23(10-16-26)28(32)30-25-13-17-27(18-14-25)35-20-22-5-3-2-4-6-22/h2-18H,19-20H2,1H3,(H,30,32). The summed E-state index contributed by atoms with van der Waals surface area (Å²) in [5.41, 5.74) is 3.35. The lowest BCUT2D eigenvalue weighted by Crippen LogP contribution is -2.29. The molecule has 0 bridgehead atoms. The summed E-state index contributed by atoms with van der Waals surface area (Å²) in [5.74, 6) is 0.394. The number of ether oxygens (including phenoxy) is 1. The van der Waals surface area contributed by atoms with Crippen LogP contribution in [0.25, 0.3) is 0 Å². The van der Waals surface area contributed by atoms with E-state index in [1.54, 1.807) is 72.8 Å². The average Bonchev–Trinajstić information content (AvgIpc) is 2.88. The van der Waals surface area contributed by atoms with Gasteiger partial charge in [0.05, 0.1) is 18.5 Å². The molecule has 0 aliphatic heterocycles. The van der Waals surface area contributed by atoms with Gasteiger partial charge in [0.1, 0.15) is 12.4 Å². The Labute approximate surface area is 216 Å². The Morgan fingerprint density at radius 1 is 0.833 bits per heavy atom. The highest BCUT2D eigenvalue weighted by Gasteiger charge is 2.18. The quantitative estimate of drug-likeness (QED) is 0.288. The van der Waals surface area contributed by atoms with Crippen molar-refractivity contribution in [1.82, 2.24) is 0 Å². The maximum atomic E-state index is 12.7. The zero-order valence-corrected chi connectivity index (χ0v) is 21.2.